The minimum Gasteiger partial charge on any atom is -0.506 e. The minimum absolute atomic E-state index is 0. The Kier molecular flexibility index (Phi) is 4.71. The van der Waals surface area contributed by atoms with E-state index >= 15 is 0 Å². The van der Waals surface area contributed by atoms with Crippen molar-refractivity contribution in [2.24, 2.45) is 5.73 Å². The van der Waals surface area contributed by atoms with Gasteiger partial charge in [-0.3, -0.25) is 0 Å². The van der Waals surface area contributed by atoms with Gasteiger partial charge in [0.25, 0.3) is 0 Å². The molecule has 0 saturated heterocycles. The maximum atomic E-state index is 9.54. The number of para-hydroxylation sites is 1. The van der Waals surface area contributed by atoms with Gasteiger partial charge in [0.2, 0.25) is 0 Å². The molecule has 0 radical (unpaired) electrons. The van der Waals surface area contributed by atoms with Crippen molar-refractivity contribution in [1.82, 2.24) is 0 Å². The second-order valence-electron chi connectivity index (χ2n) is 2.62. The molecule has 0 amide bonds. The molecule has 0 heterocycles. The zero-order chi connectivity index (χ0) is 9.84. The molecule has 1 atom stereocenters. The molecule has 1 aromatic carbocycles. The van der Waals surface area contributed by atoms with E-state index in [1.165, 1.54) is 12.1 Å². The third-order valence-electron chi connectivity index (χ3n) is 1.80. The van der Waals surface area contributed by atoms with Crippen molar-refractivity contribution in [3.8, 4) is 11.8 Å². The second-order valence-corrected chi connectivity index (χ2v) is 2.62. The molecule has 74 valence electrons. The Morgan fingerprint density at radius 2 is 2.21 bits per heavy atom. The van der Waals surface area contributed by atoms with Crippen LogP contribution in [0.3, 0.4) is 0 Å². The van der Waals surface area contributed by atoms with Crippen LogP contribution in [0.4, 0.5) is 0 Å². The summed E-state index contributed by atoms with van der Waals surface area (Å²) in [6, 6.07) is 6.32. The summed E-state index contributed by atoms with van der Waals surface area (Å²) < 4.78 is 0. The molecule has 1 rings (SSSR count). The maximum absolute atomic E-state index is 9.54. The highest BCUT2D eigenvalue weighted by atomic mass is 35.5. The number of nitrogens with zero attached hydrogens (tertiary/aromatic N) is 1. The summed E-state index contributed by atoms with van der Waals surface area (Å²) >= 11 is 0. The second kappa shape index (κ2) is 5.28. The third kappa shape index (κ3) is 2.25. The van der Waals surface area contributed by atoms with E-state index in [1.54, 1.807) is 12.1 Å². The van der Waals surface area contributed by atoms with Crippen LogP contribution in [0.25, 0.3) is 0 Å². The lowest BCUT2D eigenvalue weighted by molar-refractivity contribution is 0.464. The molecule has 0 aliphatic rings. The number of rotatable bonds is 2. The van der Waals surface area contributed by atoms with Gasteiger partial charge in [0, 0.05) is 5.56 Å². The predicted octanol–water partition coefficient (Wildman–Crippen LogP) is 1.87. The Morgan fingerprint density at radius 3 is 2.71 bits per heavy atom. The predicted molar refractivity (Wildman–Crippen MR) is 57.2 cm³/mol. The van der Waals surface area contributed by atoms with Crippen molar-refractivity contribution in [1.29, 1.82) is 5.26 Å². The summed E-state index contributed by atoms with van der Waals surface area (Å²) in [6.45, 7) is 3.51. The van der Waals surface area contributed by atoms with E-state index in [0.29, 0.717) is 5.56 Å². The molecule has 0 spiro atoms. The molecule has 0 aliphatic heterocycles. The number of phenolic OH excluding ortho intramolecular Hbond substituents is 1. The topological polar surface area (TPSA) is 70.0 Å². The summed E-state index contributed by atoms with van der Waals surface area (Å²) in [4.78, 5) is 0. The molecule has 0 fully saturated rings. The number of halogens is 1. The van der Waals surface area contributed by atoms with Gasteiger partial charge in [0.05, 0.1) is 11.6 Å². The summed E-state index contributed by atoms with van der Waals surface area (Å²) in [5.41, 5.74) is 6.38. The lowest BCUT2D eigenvalue weighted by Crippen LogP contribution is -2.06. The van der Waals surface area contributed by atoms with E-state index < -0.39 is 6.04 Å². The van der Waals surface area contributed by atoms with Crippen LogP contribution in [0.2, 0.25) is 0 Å². The fraction of sp³-hybridized carbons (Fsp3) is 0.100. The van der Waals surface area contributed by atoms with E-state index in [1.807, 2.05) is 6.07 Å². The zero-order valence-corrected chi connectivity index (χ0v) is 8.29. The number of hydrogen-bond acceptors (Lipinski definition) is 3. The molecule has 1 aromatic rings. The number of benzene rings is 1. The molecule has 0 bridgehead atoms. The van der Waals surface area contributed by atoms with E-state index in [9.17, 15) is 5.11 Å². The van der Waals surface area contributed by atoms with Crippen molar-refractivity contribution in [3.63, 3.8) is 0 Å². The van der Waals surface area contributed by atoms with Gasteiger partial charge in [-0.1, -0.05) is 18.2 Å². The fourth-order valence-corrected chi connectivity index (χ4v) is 1.05. The maximum Gasteiger partial charge on any atom is 0.138 e. The van der Waals surface area contributed by atoms with Crippen molar-refractivity contribution in [3.05, 3.63) is 42.0 Å². The van der Waals surface area contributed by atoms with Gasteiger partial charge in [-0.25, -0.2) is 0 Å². The van der Waals surface area contributed by atoms with Gasteiger partial charge in [-0.2, -0.15) is 5.26 Å². The Balaban J connectivity index is 0.00000169. The molecule has 0 aliphatic carbocycles. The number of hydrogen-bond donors (Lipinski definition) is 2. The minimum atomic E-state index is -0.437. The highest BCUT2D eigenvalue weighted by molar-refractivity contribution is 5.85. The number of phenols is 1. The van der Waals surface area contributed by atoms with Crippen LogP contribution in [-0.4, -0.2) is 5.11 Å². The highest BCUT2D eigenvalue weighted by Crippen LogP contribution is 2.26. The third-order valence-corrected chi connectivity index (χ3v) is 1.80. The SMILES string of the molecule is C=C[C@H](N)c1cccc(C#N)c1O.Cl. The lowest BCUT2D eigenvalue weighted by atomic mass is 10.0. The fourth-order valence-electron chi connectivity index (χ4n) is 1.05. The quantitative estimate of drug-likeness (QED) is 0.733. The van der Waals surface area contributed by atoms with E-state index in [0.717, 1.165) is 0 Å². The molecule has 3 nitrogen and oxygen atoms in total. The molecule has 4 heteroatoms. The van der Waals surface area contributed by atoms with Crippen LogP contribution in [0.1, 0.15) is 17.2 Å². The van der Waals surface area contributed by atoms with E-state index in [2.05, 4.69) is 6.58 Å². The Bertz CT molecular complexity index is 371. The molecule has 14 heavy (non-hydrogen) atoms. The molecular formula is C10H11ClN2O. The van der Waals surface area contributed by atoms with Crippen LogP contribution >= 0.6 is 12.4 Å². The molecular weight excluding hydrogens is 200 g/mol. The van der Waals surface area contributed by atoms with Crippen LogP contribution in [0, 0.1) is 11.3 Å². The molecule has 0 unspecified atom stereocenters. The average Bonchev–Trinajstić information content (AvgIpc) is 2.17. The standard InChI is InChI=1S/C10H10N2O.ClH/c1-2-9(12)8-5-3-4-7(6-11)10(8)13;/h2-5,9,13H,1,12H2;1H/t9-;/m0./s1. The van der Waals surface area contributed by atoms with Crippen LogP contribution in [0.5, 0.6) is 5.75 Å². The van der Waals surface area contributed by atoms with Crippen LogP contribution in [0.15, 0.2) is 30.9 Å². The number of nitriles is 1. The van der Waals surface area contributed by atoms with Crippen LogP contribution in [-0.2, 0) is 0 Å². The Labute approximate surface area is 88.9 Å². The molecule has 3 N–H and O–H groups in total. The molecule has 0 aromatic heterocycles. The van der Waals surface area contributed by atoms with E-state index in [4.69, 9.17) is 11.0 Å². The Hall–Kier alpha value is -1.50. The number of aromatic hydroxyl groups is 1. The monoisotopic (exact) mass is 210 g/mol. The average molecular weight is 211 g/mol. The molecule has 0 saturated carbocycles. The number of nitrogens with two attached hydrogens (primary N) is 1. The van der Waals surface area contributed by atoms with Gasteiger partial charge in [-0.15, -0.1) is 19.0 Å². The first-order valence-electron chi connectivity index (χ1n) is 3.80. The van der Waals surface area contributed by atoms with Gasteiger partial charge < -0.3 is 10.8 Å². The van der Waals surface area contributed by atoms with Crippen molar-refractivity contribution < 1.29 is 5.11 Å². The Morgan fingerprint density at radius 1 is 1.57 bits per heavy atom. The van der Waals surface area contributed by atoms with E-state index in [-0.39, 0.29) is 23.7 Å². The largest absolute Gasteiger partial charge is 0.506 e. The first kappa shape index (κ1) is 12.5. The van der Waals surface area contributed by atoms with Crippen molar-refractivity contribution >= 4 is 12.4 Å². The van der Waals surface area contributed by atoms with Crippen molar-refractivity contribution in [2.45, 2.75) is 6.04 Å². The zero-order valence-electron chi connectivity index (χ0n) is 7.47. The first-order valence-corrected chi connectivity index (χ1v) is 3.80. The van der Waals surface area contributed by atoms with Crippen molar-refractivity contribution in [2.75, 3.05) is 0 Å². The first-order chi connectivity index (χ1) is 6.20. The van der Waals surface area contributed by atoms with Gasteiger partial charge in [0.1, 0.15) is 11.8 Å². The summed E-state index contributed by atoms with van der Waals surface area (Å²) in [5.74, 6) is -0.0580. The van der Waals surface area contributed by atoms with Gasteiger partial charge in [0.15, 0.2) is 0 Å². The summed E-state index contributed by atoms with van der Waals surface area (Å²) in [5, 5.41) is 18.2. The van der Waals surface area contributed by atoms with Gasteiger partial charge >= 0.3 is 0 Å². The normalized spacial score (nSPS) is 10.9. The van der Waals surface area contributed by atoms with Gasteiger partial charge in [-0.05, 0) is 6.07 Å². The summed E-state index contributed by atoms with van der Waals surface area (Å²) in [6.07, 6.45) is 1.51. The summed E-state index contributed by atoms with van der Waals surface area (Å²) in [7, 11) is 0. The van der Waals surface area contributed by atoms with Crippen LogP contribution < -0.4 is 5.73 Å². The highest BCUT2D eigenvalue weighted by Gasteiger charge is 2.10. The lowest BCUT2D eigenvalue weighted by Gasteiger charge is -2.09. The smallest absolute Gasteiger partial charge is 0.138 e.